The van der Waals surface area contributed by atoms with Gasteiger partial charge in [-0.2, -0.15) is 10.5 Å². The van der Waals surface area contributed by atoms with Crippen LogP contribution in [0.15, 0.2) is 11.1 Å². The van der Waals surface area contributed by atoms with E-state index in [-0.39, 0.29) is 10.5 Å². The summed E-state index contributed by atoms with van der Waals surface area (Å²) < 4.78 is 0. The maximum atomic E-state index is 5.63. The minimum atomic E-state index is 0.110. The van der Waals surface area contributed by atoms with E-state index in [0.29, 0.717) is 5.28 Å². The highest BCUT2D eigenvalue weighted by Gasteiger charge is 2.15. The van der Waals surface area contributed by atoms with Crippen molar-refractivity contribution < 1.29 is 0 Å². The Morgan fingerprint density at radius 1 is 1.64 bits per heavy atom. The number of hydrogen-bond donors (Lipinski definition) is 0. The zero-order chi connectivity index (χ0) is 7.84. The topological polar surface area (TPSA) is 25.8 Å². The fourth-order valence-corrected chi connectivity index (χ4v) is 2.62. The molecular weight excluding hydrogens is 180 g/mol. The van der Waals surface area contributed by atoms with Gasteiger partial charge in [0.2, 0.25) is 5.28 Å². The molecule has 1 aliphatic heterocycles. The highest BCUT2D eigenvalue weighted by atomic mass is 35.5. The van der Waals surface area contributed by atoms with Crippen LogP contribution in [-0.4, -0.2) is 21.6 Å². The third kappa shape index (κ3) is 1.19. The van der Waals surface area contributed by atoms with Crippen LogP contribution < -0.4 is 0 Å². The van der Waals surface area contributed by atoms with Crippen LogP contribution in [-0.2, 0) is 6.42 Å². The largest absolute Gasteiger partial charge is 0.225 e. The van der Waals surface area contributed by atoms with Gasteiger partial charge >= 0.3 is 0 Å². The Kier molecular flexibility index (Phi) is 1.69. The van der Waals surface area contributed by atoms with Gasteiger partial charge in [0.25, 0.3) is 0 Å². The van der Waals surface area contributed by atoms with Crippen LogP contribution in [0, 0.1) is 0 Å². The van der Waals surface area contributed by atoms with Crippen molar-refractivity contribution in [3.8, 4) is 0 Å². The first-order valence-electron chi connectivity index (χ1n) is 3.29. The van der Waals surface area contributed by atoms with Crippen LogP contribution in [0.4, 0.5) is 0 Å². The average molecular weight is 187 g/mol. The third-order valence-electron chi connectivity index (χ3n) is 1.70. The molecule has 0 aliphatic carbocycles. The van der Waals surface area contributed by atoms with Gasteiger partial charge in [-0.25, -0.2) is 9.97 Å². The van der Waals surface area contributed by atoms with Crippen LogP contribution in [0.1, 0.15) is 5.69 Å². The maximum absolute atomic E-state index is 5.63. The second-order valence-corrected chi connectivity index (χ2v) is 4.57. The minimum Gasteiger partial charge on any atom is -0.225 e. The van der Waals surface area contributed by atoms with Crippen molar-refractivity contribution in [2.75, 3.05) is 5.75 Å². The maximum Gasteiger partial charge on any atom is 0.222 e. The van der Waals surface area contributed by atoms with E-state index in [2.05, 4.69) is 15.8 Å². The fraction of sp³-hybridized carbons (Fsp3) is 0.286. The molecule has 2 heterocycles. The van der Waals surface area contributed by atoms with E-state index in [1.807, 2.05) is 0 Å². The zero-order valence-electron chi connectivity index (χ0n) is 5.88. The third-order valence-corrected chi connectivity index (χ3v) is 3.54. The van der Waals surface area contributed by atoms with Crippen molar-refractivity contribution in [2.24, 2.45) is 0 Å². The lowest BCUT2D eigenvalue weighted by Gasteiger charge is -1.97. The number of nitrogens with zero attached hydrogens (tertiary/aromatic N) is 2. The molecule has 0 saturated heterocycles. The van der Waals surface area contributed by atoms with Gasteiger partial charge < -0.3 is 0 Å². The van der Waals surface area contributed by atoms with Gasteiger partial charge in [0.1, 0.15) is 0 Å². The standard InChI is InChI=1S/C7H7ClN2S/c1-11-3-2-5-6(11)4-9-7(8)10-5/h4H,1-3H2. The normalized spacial score (nSPS) is 21.7. The first-order chi connectivity index (χ1) is 5.27. The van der Waals surface area contributed by atoms with Crippen LogP contribution in [0.5, 0.6) is 0 Å². The number of aromatic nitrogens is 2. The summed E-state index contributed by atoms with van der Waals surface area (Å²) in [6.45, 7) is 0. The molecule has 1 atom stereocenters. The summed E-state index contributed by atoms with van der Waals surface area (Å²) in [4.78, 5) is 9.24. The second kappa shape index (κ2) is 2.57. The molecule has 1 aliphatic rings. The van der Waals surface area contributed by atoms with E-state index in [1.165, 1.54) is 4.90 Å². The fourth-order valence-electron chi connectivity index (χ4n) is 1.13. The van der Waals surface area contributed by atoms with Gasteiger partial charge in [-0.1, -0.05) is 5.87 Å². The molecule has 0 bridgehead atoms. The molecular formula is C7H7ClN2S. The summed E-state index contributed by atoms with van der Waals surface area (Å²) in [6.07, 6.45) is 2.80. The van der Waals surface area contributed by atoms with Gasteiger partial charge in [0, 0.05) is 11.1 Å². The SMILES string of the molecule is C=S1CCc2nc(Cl)ncc21. The van der Waals surface area contributed by atoms with Crippen molar-refractivity contribution >= 4 is 28.0 Å². The van der Waals surface area contributed by atoms with Crippen molar-refractivity contribution in [3.63, 3.8) is 0 Å². The first-order valence-corrected chi connectivity index (χ1v) is 5.23. The van der Waals surface area contributed by atoms with Crippen molar-refractivity contribution in [3.05, 3.63) is 17.2 Å². The Bertz CT molecular complexity index is 324. The van der Waals surface area contributed by atoms with E-state index < -0.39 is 0 Å². The van der Waals surface area contributed by atoms with E-state index >= 15 is 0 Å². The smallest absolute Gasteiger partial charge is 0.222 e. The Morgan fingerprint density at radius 2 is 2.45 bits per heavy atom. The molecule has 0 amide bonds. The second-order valence-electron chi connectivity index (χ2n) is 2.40. The van der Waals surface area contributed by atoms with Crippen LogP contribution in [0.2, 0.25) is 5.28 Å². The predicted molar refractivity (Wildman–Crippen MR) is 48.6 cm³/mol. The van der Waals surface area contributed by atoms with Crippen LogP contribution in [0.3, 0.4) is 0 Å². The molecule has 0 saturated carbocycles. The van der Waals surface area contributed by atoms with Crippen molar-refractivity contribution in [1.29, 1.82) is 0 Å². The molecule has 4 heteroatoms. The van der Waals surface area contributed by atoms with Crippen LogP contribution in [0.25, 0.3) is 0 Å². The van der Waals surface area contributed by atoms with E-state index in [1.54, 1.807) is 6.20 Å². The van der Waals surface area contributed by atoms with E-state index in [0.717, 1.165) is 17.9 Å². The number of halogens is 1. The van der Waals surface area contributed by atoms with Gasteiger partial charge in [0.15, 0.2) is 0 Å². The van der Waals surface area contributed by atoms with Crippen molar-refractivity contribution in [1.82, 2.24) is 9.97 Å². The molecule has 1 unspecified atom stereocenters. The molecule has 0 spiro atoms. The summed E-state index contributed by atoms with van der Waals surface area (Å²) >= 11 is 5.63. The lowest BCUT2D eigenvalue weighted by molar-refractivity contribution is 0.976. The lowest BCUT2D eigenvalue weighted by Crippen LogP contribution is -1.89. The summed E-state index contributed by atoms with van der Waals surface area (Å²) in [5.74, 6) is 5.11. The van der Waals surface area contributed by atoms with Gasteiger partial charge in [0.05, 0.1) is 5.69 Å². The molecule has 2 nitrogen and oxygen atoms in total. The molecule has 0 fully saturated rings. The average Bonchev–Trinajstić information content (AvgIpc) is 2.32. The first kappa shape index (κ1) is 7.25. The zero-order valence-corrected chi connectivity index (χ0v) is 7.45. The highest BCUT2D eigenvalue weighted by Crippen LogP contribution is 2.34. The minimum absolute atomic E-state index is 0.110. The molecule has 0 radical (unpaired) electrons. The molecule has 58 valence electrons. The Hall–Kier alpha value is -0.410. The number of hydrogen-bond acceptors (Lipinski definition) is 2. The Balaban J connectivity index is 2.59. The highest BCUT2D eigenvalue weighted by molar-refractivity contribution is 8.14. The van der Waals surface area contributed by atoms with Gasteiger partial charge in [-0.3, -0.25) is 0 Å². The molecule has 0 N–H and O–H groups in total. The molecule has 11 heavy (non-hydrogen) atoms. The van der Waals surface area contributed by atoms with Crippen LogP contribution >= 0.6 is 22.1 Å². The molecule has 2 rings (SSSR count). The lowest BCUT2D eigenvalue weighted by atomic mass is 10.3. The summed E-state index contributed by atoms with van der Waals surface area (Å²) in [7, 11) is 0.110. The van der Waals surface area contributed by atoms with E-state index in [9.17, 15) is 0 Å². The van der Waals surface area contributed by atoms with E-state index in [4.69, 9.17) is 11.6 Å². The Morgan fingerprint density at radius 3 is 3.27 bits per heavy atom. The number of fused-ring (bicyclic) bond motifs is 1. The molecule has 0 aromatic carbocycles. The number of aryl methyl sites for hydroxylation is 1. The van der Waals surface area contributed by atoms with Gasteiger partial charge in [-0.05, 0) is 23.8 Å². The quantitative estimate of drug-likeness (QED) is 0.456. The molecule has 1 aromatic rings. The Labute approximate surface area is 72.6 Å². The van der Waals surface area contributed by atoms with Gasteiger partial charge in [-0.15, -0.1) is 0 Å². The summed E-state index contributed by atoms with van der Waals surface area (Å²) in [5, 5.41) is 0.350. The van der Waals surface area contributed by atoms with Crippen molar-refractivity contribution in [2.45, 2.75) is 11.3 Å². The predicted octanol–water partition coefficient (Wildman–Crippen LogP) is 1.75. The summed E-state index contributed by atoms with van der Waals surface area (Å²) in [5.41, 5.74) is 1.09. The monoisotopic (exact) mass is 186 g/mol. The molecule has 1 aromatic heterocycles. The number of rotatable bonds is 0. The summed E-state index contributed by atoms with van der Waals surface area (Å²) in [6, 6.07) is 0.